The number of phenols is 1. The summed E-state index contributed by atoms with van der Waals surface area (Å²) < 4.78 is 5.10. The summed E-state index contributed by atoms with van der Waals surface area (Å²) in [4.78, 5) is 26.2. The van der Waals surface area contributed by atoms with E-state index in [-0.39, 0.29) is 23.8 Å². The van der Waals surface area contributed by atoms with Gasteiger partial charge in [0.25, 0.3) is 5.91 Å². The van der Waals surface area contributed by atoms with E-state index in [1.54, 1.807) is 17.0 Å². The van der Waals surface area contributed by atoms with Gasteiger partial charge in [-0.1, -0.05) is 29.8 Å². The lowest BCUT2D eigenvalue weighted by atomic mass is 10.0. The lowest BCUT2D eigenvalue weighted by Crippen LogP contribution is -2.38. The highest BCUT2D eigenvalue weighted by atomic mass is 16.5. The Morgan fingerprint density at radius 3 is 2.83 bits per heavy atom. The Labute approximate surface area is 140 Å². The van der Waals surface area contributed by atoms with Gasteiger partial charge in [-0.2, -0.15) is 0 Å². The van der Waals surface area contributed by atoms with Crippen molar-refractivity contribution in [3.05, 3.63) is 59.2 Å². The number of hydrogen-bond acceptors (Lipinski definition) is 4. The molecule has 1 amide bonds. The first kappa shape index (κ1) is 16.1. The number of rotatable bonds is 3. The maximum atomic E-state index is 12.4. The van der Waals surface area contributed by atoms with Crippen LogP contribution in [-0.2, 0) is 16.0 Å². The van der Waals surface area contributed by atoms with Gasteiger partial charge >= 0.3 is 5.97 Å². The van der Waals surface area contributed by atoms with Crippen molar-refractivity contribution in [3.63, 3.8) is 0 Å². The van der Waals surface area contributed by atoms with Crippen LogP contribution in [0.1, 0.15) is 27.9 Å². The molecule has 5 nitrogen and oxygen atoms in total. The quantitative estimate of drug-likeness (QED) is 0.881. The second-order valence-electron chi connectivity index (χ2n) is 5.87. The first-order chi connectivity index (χ1) is 11.6. The molecule has 2 aromatic carbocycles. The normalized spacial score (nSPS) is 13.3. The van der Waals surface area contributed by atoms with Gasteiger partial charge in [-0.15, -0.1) is 0 Å². The van der Waals surface area contributed by atoms with Gasteiger partial charge in [-0.05, 0) is 43.5 Å². The lowest BCUT2D eigenvalue weighted by molar-refractivity contribution is -0.121. The van der Waals surface area contributed by atoms with Crippen molar-refractivity contribution in [2.75, 3.05) is 18.1 Å². The molecule has 0 radical (unpaired) electrons. The van der Waals surface area contributed by atoms with Gasteiger partial charge in [-0.25, -0.2) is 4.79 Å². The molecule has 0 saturated carbocycles. The van der Waals surface area contributed by atoms with E-state index >= 15 is 0 Å². The number of carbonyl (C=O) groups is 2. The minimum atomic E-state index is -0.699. The molecule has 5 heteroatoms. The second-order valence-corrected chi connectivity index (χ2v) is 5.87. The fourth-order valence-corrected chi connectivity index (χ4v) is 2.89. The van der Waals surface area contributed by atoms with Crippen LogP contribution in [0.5, 0.6) is 5.75 Å². The monoisotopic (exact) mass is 325 g/mol. The molecule has 2 aromatic rings. The van der Waals surface area contributed by atoms with E-state index in [0.29, 0.717) is 6.54 Å². The number of ether oxygens (including phenoxy) is 1. The fraction of sp³-hybridized carbons (Fsp3) is 0.263. The van der Waals surface area contributed by atoms with E-state index in [0.717, 1.165) is 29.7 Å². The van der Waals surface area contributed by atoms with Crippen molar-refractivity contribution in [2.24, 2.45) is 0 Å². The predicted molar refractivity (Wildman–Crippen MR) is 90.2 cm³/mol. The lowest BCUT2D eigenvalue weighted by Gasteiger charge is -2.29. The number of phenolic OH excluding ortho intramolecular Hbond substituents is 1. The summed E-state index contributed by atoms with van der Waals surface area (Å²) >= 11 is 0. The van der Waals surface area contributed by atoms with Crippen molar-refractivity contribution < 1.29 is 19.4 Å². The molecule has 0 aliphatic carbocycles. The standard InChI is InChI=1S/C19H19NO4/c1-13-8-9-17(21)15(11-13)19(23)24-12-18(22)20-10-4-6-14-5-2-3-7-16(14)20/h2-3,5,7-9,11,21H,4,6,10,12H2,1H3. The SMILES string of the molecule is Cc1ccc(O)c(C(=O)OCC(=O)N2CCCc3ccccc32)c1. The van der Waals surface area contributed by atoms with Gasteiger partial charge < -0.3 is 14.7 Å². The van der Waals surface area contributed by atoms with Crippen molar-refractivity contribution in [1.29, 1.82) is 0 Å². The van der Waals surface area contributed by atoms with Crippen LogP contribution in [-0.4, -0.2) is 30.1 Å². The number of amides is 1. The second kappa shape index (κ2) is 6.74. The number of fused-ring (bicyclic) bond motifs is 1. The maximum Gasteiger partial charge on any atom is 0.342 e. The smallest absolute Gasteiger partial charge is 0.342 e. The number of aromatic hydroxyl groups is 1. The molecule has 0 fully saturated rings. The summed E-state index contributed by atoms with van der Waals surface area (Å²) in [6, 6.07) is 12.4. The first-order valence-corrected chi connectivity index (χ1v) is 7.91. The summed E-state index contributed by atoms with van der Waals surface area (Å²) in [5.74, 6) is -1.11. The minimum absolute atomic E-state index is 0.0712. The van der Waals surface area contributed by atoms with Gasteiger partial charge in [0.2, 0.25) is 0 Å². The molecule has 0 bridgehead atoms. The Balaban J connectivity index is 1.68. The largest absolute Gasteiger partial charge is 0.507 e. The Kier molecular flexibility index (Phi) is 4.51. The van der Waals surface area contributed by atoms with Crippen molar-refractivity contribution in [2.45, 2.75) is 19.8 Å². The van der Waals surface area contributed by atoms with Gasteiger partial charge in [0.1, 0.15) is 11.3 Å². The van der Waals surface area contributed by atoms with Crippen LogP contribution in [0.4, 0.5) is 5.69 Å². The van der Waals surface area contributed by atoms with E-state index in [9.17, 15) is 14.7 Å². The molecule has 0 unspecified atom stereocenters. The molecule has 0 saturated heterocycles. The van der Waals surface area contributed by atoms with Crippen LogP contribution >= 0.6 is 0 Å². The zero-order valence-corrected chi connectivity index (χ0v) is 13.5. The molecular formula is C19H19NO4. The number of carbonyl (C=O) groups excluding carboxylic acids is 2. The number of esters is 1. The first-order valence-electron chi connectivity index (χ1n) is 7.91. The Morgan fingerprint density at radius 2 is 2.00 bits per heavy atom. The van der Waals surface area contributed by atoms with Gasteiger partial charge in [0.15, 0.2) is 6.61 Å². The topological polar surface area (TPSA) is 66.8 Å². The number of hydrogen-bond donors (Lipinski definition) is 1. The molecule has 1 heterocycles. The molecule has 3 rings (SSSR count). The average Bonchev–Trinajstić information content (AvgIpc) is 2.61. The van der Waals surface area contributed by atoms with E-state index in [4.69, 9.17) is 4.74 Å². The number of aryl methyl sites for hydroxylation is 2. The fourth-order valence-electron chi connectivity index (χ4n) is 2.89. The number of para-hydroxylation sites is 1. The van der Waals surface area contributed by atoms with E-state index in [1.807, 2.05) is 31.2 Å². The van der Waals surface area contributed by atoms with Crippen LogP contribution in [0.2, 0.25) is 0 Å². The summed E-state index contributed by atoms with van der Waals surface area (Å²) in [5, 5.41) is 9.75. The van der Waals surface area contributed by atoms with E-state index in [2.05, 4.69) is 0 Å². The third kappa shape index (κ3) is 3.25. The predicted octanol–water partition coefficient (Wildman–Crippen LogP) is 2.84. The number of anilines is 1. The van der Waals surface area contributed by atoms with Crippen LogP contribution in [0, 0.1) is 6.92 Å². The molecule has 1 aliphatic heterocycles. The summed E-state index contributed by atoms with van der Waals surface area (Å²) in [6.45, 7) is 2.08. The minimum Gasteiger partial charge on any atom is -0.507 e. The van der Waals surface area contributed by atoms with Crippen LogP contribution in [0.3, 0.4) is 0 Å². The highest BCUT2D eigenvalue weighted by molar-refractivity contribution is 5.98. The molecule has 1 N–H and O–H groups in total. The highest BCUT2D eigenvalue weighted by Gasteiger charge is 2.23. The molecule has 1 aliphatic rings. The molecule has 0 spiro atoms. The van der Waals surface area contributed by atoms with E-state index < -0.39 is 5.97 Å². The number of nitrogens with zero attached hydrogens (tertiary/aromatic N) is 1. The third-order valence-corrected chi connectivity index (χ3v) is 4.11. The summed E-state index contributed by atoms with van der Waals surface area (Å²) in [7, 11) is 0. The Hall–Kier alpha value is -2.82. The van der Waals surface area contributed by atoms with Crippen LogP contribution in [0.25, 0.3) is 0 Å². The molecule has 124 valence electrons. The summed E-state index contributed by atoms with van der Waals surface area (Å²) in [5.41, 5.74) is 2.90. The van der Waals surface area contributed by atoms with Gasteiger partial charge in [0.05, 0.1) is 0 Å². The number of benzene rings is 2. The van der Waals surface area contributed by atoms with Crippen molar-refractivity contribution in [1.82, 2.24) is 0 Å². The van der Waals surface area contributed by atoms with Gasteiger partial charge in [0, 0.05) is 12.2 Å². The summed E-state index contributed by atoms with van der Waals surface area (Å²) in [6.07, 6.45) is 1.83. The van der Waals surface area contributed by atoms with Crippen LogP contribution in [0.15, 0.2) is 42.5 Å². The molecule has 24 heavy (non-hydrogen) atoms. The van der Waals surface area contributed by atoms with Crippen molar-refractivity contribution >= 4 is 17.6 Å². The van der Waals surface area contributed by atoms with E-state index in [1.165, 1.54) is 6.07 Å². The Morgan fingerprint density at radius 1 is 1.21 bits per heavy atom. The maximum absolute atomic E-state index is 12.4. The molecule has 0 aromatic heterocycles. The third-order valence-electron chi connectivity index (χ3n) is 4.11. The zero-order chi connectivity index (χ0) is 17.1. The van der Waals surface area contributed by atoms with Crippen molar-refractivity contribution in [3.8, 4) is 5.75 Å². The molecule has 0 atom stereocenters. The molecular weight excluding hydrogens is 306 g/mol. The average molecular weight is 325 g/mol. The van der Waals surface area contributed by atoms with Gasteiger partial charge in [-0.3, -0.25) is 4.79 Å². The van der Waals surface area contributed by atoms with Crippen LogP contribution < -0.4 is 4.90 Å². The Bertz CT molecular complexity index is 785. The zero-order valence-electron chi connectivity index (χ0n) is 13.5. The highest BCUT2D eigenvalue weighted by Crippen LogP contribution is 2.27.